The van der Waals surface area contributed by atoms with Crippen LogP contribution in [0.4, 0.5) is 24.7 Å². The maximum Gasteiger partial charge on any atom is 0.491 e. The molecule has 4 rings (SSSR count). The van der Waals surface area contributed by atoms with E-state index in [0.717, 1.165) is 17.4 Å². The zero-order valence-corrected chi connectivity index (χ0v) is 23.0. The quantitative estimate of drug-likeness (QED) is 0.0947. The number of amides is 1. The Morgan fingerprint density at radius 3 is 2.52 bits per heavy atom. The van der Waals surface area contributed by atoms with Gasteiger partial charge in [0, 0.05) is 27.9 Å². The second-order valence-electron chi connectivity index (χ2n) is 8.96. The minimum Gasteiger partial charge on any atom is -0.419 e. The smallest absolute Gasteiger partial charge is 0.419 e. The number of nitriles is 1. The van der Waals surface area contributed by atoms with E-state index in [1.807, 2.05) is 6.07 Å². The molecule has 0 aliphatic carbocycles. The van der Waals surface area contributed by atoms with Gasteiger partial charge in [-0.05, 0) is 54.3 Å². The summed E-state index contributed by atoms with van der Waals surface area (Å²) in [5, 5.41) is 17.2. The van der Waals surface area contributed by atoms with Crippen molar-refractivity contribution < 1.29 is 32.3 Å². The summed E-state index contributed by atoms with van der Waals surface area (Å²) in [6, 6.07) is 16.7. The van der Waals surface area contributed by atoms with Crippen LogP contribution >= 0.6 is 22.9 Å². The molecule has 2 aromatic carbocycles. The Kier molecular flexibility index (Phi) is 8.62. The van der Waals surface area contributed by atoms with Crippen LogP contribution in [0, 0.1) is 11.3 Å². The highest BCUT2D eigenvalue weighted by molar-refractivity contribution is 7.12. The molecule has 0 radical (unpaired) electrons. The number of hydrogen-bond donors (Lipinski definition) is 3. The molecule has 4 N–H and O–H groups in total. The van der Waals surface area contributed by atoms with E-state index < -0.39 is 29.5 Å². The molecule has 0 saturated carbocycles. The molecule has 0 aliphatic heterocycles. The molecule has 0 bridgehead atoms. The minimum atomic E-state index is -5.30. The lowest BCUT2D eigenvalue weighted by atomic mass is 9.97. The van der Waals surface area contributed by atoms with Crippen LogP contribution in [0.3, 0.4) is 0 Å². The number of nitrogens with one attached hydrogen (secondary N) is 2. The molecule has 9 nitrogen and oxygen atoms in total. The molecule has 0 unspecified atom stereocenters. The van der Waals surface area contributed by atoms with Crippen LogP contribution in [0.5, 0.6) is 5.75 Å². The molecule has 14 heteroatoms. The molecular weight excluding hydrogens is 595 g/mol. The van der Waals surface area contributed by atoms with E-state index in [0.29, 0.717) is 22.4 Å². The van der Waals surface area contributed by atoms with Gasteiger partial charge in [0.1, 0.15) is 23.0 Å². The molecule has 0 fully saturated rings. The molecule has 4 aromatic rings. The van der Waals surface area contributed by atoms with Crippen LogP contribution in [0.2, 0.25) is 5.02 Å². The van der Waals surface area contributed by atoms with E-state index in [-0.39, 0.29) is 33.2 Å². The van der Waals surface area contributed by atoms with Crippen molar-refractivity contribution in [3.05, 3.63) is 81.5 Å². The van der Waals surface area contributed by atoms with Crippen molar-refractivity contribution >= 4 is 52.6 Å². The number of nitrogens with two attached hydrogens (primary N) is 1. The number of halogens is 4. The first-order chi connectivity index (χ1) is 19.8. The molecule has 42 heavy (non-hydrogen) atoms. The fourth-order valence-electron chi connectivity index (χ4n) is 3.75. The number of benzene rings is 2. The Balaban J connectivity index is 1.93. The third kappa shape index (κ3) is 6.92. The number of hydrogen-bond acceptors (Lipinski definition) is 9. The number of esters is 1. The fourth-order valence-corrected chi connectivity index (χ4v) is 4.53. The Hall–Kier alpha value is -4.77. The van der Waals surface area contributed by atoms with E-state index in [9.17, 15) is 32.8 Å². The lowest BCUT2D eigenvalue weighted by molar-refractivity contribution is -0.189. The number of thiophene rings is 1. The van der Waals surface area contributed by atoms with Crippen LogP contribution < -0.4 is 21.1 Å². The molecule has 214 valence electrons. The highest BCUT2D eigenvalue weighted by Gasteiger charge is 2.42. The second-order valence-corrected chi connectivity index (χ2v) is 10.3. The van der Waals surface area contributed by atoms with Gasteiger partial charge in [-0.25, -0.2) is 9.78 Å². The molecule has 1 atom stereocenters. The fraction of sp³-hybridized carbons (Fsp3) is 0.107. The summed E-state index contributed by atoms with van der Waals surface area (Å²) in [6.07, 6.45) is -4.79. The number of carbonyl (C=O) groups is 3. The van der Waals surface area contributed by atoms with Gasteiger partial charge in [0.15, 0.2) is 12.1 Å². The van der Waals surface area contributed by atoms with Crippen molar-refractivity contribution in [3.63, 3.8) is 0 Å². The number of nitrogens with zero attached hydrogens (tertiary/aromatic N) is 2. The summed E-state index contributed by atoms with van der Waals surface area (Å²) >= 11 is 7.12. The van der Waals surface area contributed by atoms with Crippen LogP contribution in [0.1, 0.15) is 22.2 Å². The first kappa shape index (κ1) is 30.2. The minimum absolute atomic E-state index is 0.0254. The summed E-state index contributed by atoms with van der Waals surface area (Å²) in [7, 11) is 0. The predicted molar refractivity (Wildman–Crippen MR) is 151 cm³/mol. The summed E-state index contributed by atoms with van der Waals surface area (Å²) in [5.74, 6) is -3.83. The van der Waals surface area contributed by atoms with Gasteiger partial charge in [0.25, 0.3) is 5.91 Å². The Bertz CT molecular complexity index is 1720. The van der Waals surface area contributed by atoms with Gasteiger partial charge in [-0.15, -0.1) is 11.3 Å². The number of aldehydes is 1. The van der Waals surface area contributed by atoms with Crippen LogP contribution in [-0.4, -0.2) is 35.0 Å². The van der Waals surface area contributed by atoms with E-state index in [1.54, 1.807) is 41.8 Å². The summed E-state index contributed by atoms with van der Waals surface area (Å²) in [6.45, 7) is 1.44. The van der Waals surface area contributed by atoms with Crippen LogP contribution in [0.15, 0.2) is 66.0 Å². The topological polar surface area (TPSA) is 147 Å². The average molecular weight is 614 g/mol. The highest BCUT2D eigenvalue weighted by Crippen LogP contribution is 2.38. The molecular formula is C28H19ClF3N5O4S. The van der Waals surface area contributed by atoms with Crippen LogP contribution in [0.25, 0.3) is 22.4 Å². The number of aromatic nitrogens is 1. The van der Waals surface area contributed by atoms with Gasteiger partial charge >= 0.3 is 12.1 Å². The Morgan fingerprint density at radius 1 is 1.12 bits per heavy atom. The van der Waals surface area contributed by atoms with Gasteiger partial charge < -0.3 is 21.1 Å². The SMILES string of the molecule is C[C@@](N)(C=O)Nc1cccc(-c2cc(-c3ccc(Cl)cc3OC(=O)C(F)(F)F)nc(NC(=O)c3cccs3)c2C#N)c1. The summed E-state index contributed by atoms with van der Waals surface area (Å²) in [4.78, 5) is 40.6. The normalized spacial score (nSPS) is 12.5. The lowest BCUT2D eigenvalue weighted by Gasteiger charge is -2.21. The Morgan fingerprint density at radius 2 is 1.88 bits per heavy atom. The van der Waals surface area contributed by atoms with Crippen molar-refractivity contribution in [1.82, 2.24) is 4.98 Å². The predicted octanol–water partition coefficient (Wildman–Crippen LogP) is 6.01. The van der Waals surface area contributed by atoms with Gasteiger partial charge in [0.05, 0.1) is 10.6 Å². The summed E-state index contributed by atoms with van der Waals surface area (Å²) < 4.78 is 43.7. The van der Waals surface area contributed by atoms with E-state index in [1.165, 1.54) is 25.1 Å². The number of carbonyl (C=O) groups excluding carboxylic acids is 3. The van der Waals surface area contributed by atoms with Crippen molar-refractivity contribution in [3.8, 4) is 34.2 Å². The molecule has 2 heterocycles. The van der Waals surface area contributed by atoms with Crippen molar-refractivity contribution in [1.29, 1.82) is 5.26 Å². The highest BCUT2D eigenvalue weighted by atomic mass is 35.5. The number of alkyl halides is 3. The lowest BCUT2D eigenvalue weighted by Crippen LogP contribution is -2.46. The molecule has 0 saturated heterocycles. The van der Waals surface area contributed by atoms with Crippen molar-refractivity contribution in [2.45, 2.75) is 18.8 Å². The van der Waals surface area contributed by atoms with Crippen molar-refractivity contribution in [2.75, 3.05) is 10.6 Å². The van der Waals surface area contributed by atoms with Crippen LogP contribution in [-0.2, 0) is 9.59 Å². The monoisotopic (exact) mass is 613 g/mol. The molecule has 1 amide bonds. The third-order valence-corrected chi connectivity index (χ3v) is 6.70. The molecule has 0 aliphatic rings. The van der Waals surface area contributed by atoms with E-state index >= 15 is 0 Å². The van der Waals surface area contributed by atoms with Gasteiger partial charge in [-0.1, -0.05) is 29.8 Å². The van der Waals surface area contributed by atoms with Crippen molar-refractivity contribution in [2.24, 2.45) is 5.73 Å². The number of rotatable bonds is 8. The van der Waals surface area contributed by atoms with E-state index in [4.69, 9.17) is 17.3 Å². The molecule has 2 aromatic heterocycles. The largest absolute Gasteiger partial charge is 0.491 e. The second kappa shape index (κ2) is 12.0. The van der Waals surface area contributed by atoms with Gasteiger partial charge in [-0.3, -0.25) is 9.59 Å². The zero-order valence-electron chi connectivity index (χ0n) is 21.5. The first-order valence-electron chi connectivity index (χ1n) is 11.8. The van der Waals surface area contributed by atoms with E-state index in [2.05, 4.69) is 20.4 Å². The third-order valence-electron chi connectivity index (χ3n) is 5.59. The number of pyridine rings is 1. The standard InChI is InChI=1S/C28H19ClF3N5O4S/c1-27(34,14-38)37-17-5-2-4-15(10-17)19-12-21(18-8-7-16(29)11-22(18)41-26(40)28(30,31)32)35-24(20(19)13-33)36-25(39)23-6-3-9-42-23/h2-12,14,37H,34H2,1H3,(H,35,36,39)/t27-/m0/s1. The average Bonchev–Trinajstić information content (AvgIpc) is 3.48. The molecule has 0 spiro atoms. The summed E-state index contributed by atoms with van der Waals surface area (Å²) in [5.41, 5.74) is 5.28. The first-order valence-corrected chi connectivity index (χ1v) is 13.1. The maximum absolute atomic E-state index is 13.0. The Labute approximate surface area is 245 Å². The maximum atomic E-state index is 13.0. The van der Waals surface area contributed by atoms with Gasteiger partial charge in [0.2, 0.25) is 0 Å². The number of anilines is 2. The van der Waals surface area contributed by atoms with Gasteiger partial charge in [-0.2, -0.15) is 18.4 Å². The number of ether oxygens (including phenoxy) is 1. The zero-order chi connectivity index (χ0) is 30.7.